The molecule has 0 unspecified atom stereocenters. The number of hydrogen-bond acceptors (Lipinski definition) is 6. The number of rotatable bonds is 18. The SMILES string of the molecule is CCCCCCCCCCCC(=O)N[C@@H](C(=O)OCC)C(C)=C(NC(=O)OCC)c1ccc(OC)cc1. The molecule has 0 saturated heterocycles. The van der Waals surface area contributed by atoms with Crippen LogP contribution in [0.1, 0.15) is 97.5 Å². The highest BCUT2D eigenvalue weighted by molar-refractivity contribution is 5.91. The maximum Gasteiger partial charge on any atom is 0.411 e. The van der Waals surface area contributed by atoms with E-state index in [1.54, 1.807) is 52.1 Å². The third-order valence-electron chi connectivity index (χ3n) is 6.04. The first-order chi connectivity index (χ1) is 17.9. The molecule has 8 nitrogen and oxygen atoms in total. The van der Waals surface area contributed by atoms with Gasteiger partial charge in [-0.3, -0.25) is 10.1 Å². The van der Waals surface area contributed by atoms with Crippen molar-refractivity contribution in [1.82, 2.24) is 10.6 Å². The number of methoxy groups -OCH3 is 1. The van der Waals surface area contributed by atoms with Gasteiger partial charge < -0.3 is 19.5 Å². The normalized spacial score (nSPS) is 12.2. The van der Waals surface area contributed by atoms with Crippen molar-refractivity contribution in [2.75, 3.05) is 20.3 Å². The fraction of sp³-hybridized carbons (Fsp3) is 0.621. The van der Waals surface area contributed by atoms with Gasteiger partial charge >= 0.3 is 12.1 Å². The van der Waals surface area contributed by atoms with Gasteiger partial charge in [-0.2, -0.15) is 0 Å². The van der Waals surface area contributed by atoms with E-state index in [-0.39, 0.29) is 19.1 Å². The van der Waals surface area contributed by atoms with Crippen molar-refractivity contribution in [1.29, 1.82) is 0 Å². The van der Waals surface area contributed by atoms with Gasteiger partial charge in [0.25, 0.3) is 0 Å². The lowest BCUT2D eigenvalue weighted by Gasteiger charge is -2.22. The Bertz CT molecular complexity index is 850. The van der Waals surface area contributed by atoms with Gasteiger partial charge in [-0.1, -0.05) is 58.3 Å². The van der Waals surface area contributed by atoms with Crippen LogP contribution in [-0.4, -0.2) is 44.3 Å². The Balaban J connectivity index is 2.95. The summed E-state index contributed by atoms with van der Waals surface area (Å²) in [7, 11) is 1.56. The number of nitrogens with one attached hydrogen (secondary N) is 2. The Kier molecular flexibility index (Phi) is 16.5. The van der Waals surface area contributed by atoms with Crippen LogP contribution in [0.15, 0.2) is 29.8 Å². The average molecular weight is 519 g/mol. The number of unbranched alkanes of at least 4 members (excludes halogenated alkanes) is 8. The van der Waals surface area contributed by atoms with Crippen LogP contribution in [-0.2, 0) is 19.1 Å². The molecular formula is C29H46N2O6. The van der Waals surface area contributed by atoms with Crippen LogP contribution in [0.5, 0.6) is 5.75 Å². The topological polar surface area (TPSA) is 103 Å². The number of benzene rings is 1. The van der Waals surface area contributed by atoms with Crippen LogP contribution in [0.2, 0.25) is 0 Å². The van der Waals surface area contributed by atoms with E-state index in [0.29, 0.717) is 29.0 Å². The fourth-order valence-electron chi connectivity index (χ4n) is 3.97. The van der Waals surface area contributed by atoms with Gasteiger partial charge in [0.2, 0.25) is 5.91 Å². The predicted octanol–water partition coefficient (Wildman–Crippen LogP) is 6.14. The number of alkyl carbamates (subject to hydrolysis) is 1. The van der Waals surface area contributed by atoms with Crippen molar-refractivity contribution in [2.45, 2.75) is 97.9 Å². The van der Waals surface area contributed by atoms with Gasteiger partial charge in [0.15, 0.2) is 6.04 Å². The molecule has 0 aliphatic heterocycles. The van der Waals surface area contributed by atoms with Crippen molar-refractivity contribution in [3.8, 4) is 5.75 Å². The van der Waals surface area contributed by atoms with E-state index in [9.17, 15) is 14.4 Å². The van der Waals surface area contributed by atoms with Gasteiger partial charge in [0.1, 0.15) is 5.75 Å². The molecule has 0 saturated carbocycles. The summed E-state index contributed by atoms with van der Waals surface area (Å²) in [4.78, 5) is 37.9. The second-order valence-corrected chi connectivity index (χ2v) is 8.96. The summed E-state index contributed by atoms with van der Waals surface area (Å²) in [5.74, 6) is -0.171. The molecule has 0 bridgehead atoms. The molecule has 1 atom stereocenters. The first-order valence-corrected chi connectivity index (χ1v) is 13.6. The molecular weight excluding hydrogens is 472 g/mol. The summed E-state index contributed by atoms with van der Waals surface area (Å²) in [5.41, 5.74) is 1.44. The molecule has 0 spiro atoms. The number of esters is 1. The van der Waals surface area contributed by atoms with Crippen LogP contribution in [0, 0.1) is 0 Å². The van der Waals surface area contributed by atoms with Crippen molar-refractivity contribution >= 4 is 23.7 Å². The smallest absolute Gasteiger partial charge is 0.411 e. The molecule has 0 aliphatic carbocycles. The highest BCUT2D eigenvalue weighted by Gasteiger charge is 2.27. The van der Waals surface area contributed by atoms with Crippen LogP contribution in [0.4, 0.5) is 4.79 Å². The van der Waals surface area contributed by atoms with Crippen molar-refractivity contribution in [3.05, 3.63) is 35.4 Å². The highest BCUT2D eigenvalue weighted by Crippen LogP contribution is 2.23. The van der Waals surface area contributed by atoms with E-state index >= 15 is 0 Å². The molecule has 8 heteroatoms. The average Bonchev–Trinajstić information content (AvgIpc) is 2.89. The summed E-state index contributed by atoms with van der Waals surface area (Å²) in [6.45, 7) is 7.67. The molecule has 0 radical (unpaired) electrons. The summed E-state index contributed by atoms with van der Waals surface area (Å²) < 4.78 is 15.5. The molecule has 0 heterocycles. The van der Waals surface area contributed by atoms with Gasteiger partial charge in [0.05, 0.1) is 26.0 Å². The van der Waals surface area contributed by atoms with E-state index < -0.39 is 18.1 Å². The summed E-state index contributed by atoms with van der Waals surface area (Å²) >= 11 is 0. The monoisotopic (exact) mass is 518 g/mol. The highest BCUT2D eigenvalue weighted by atomic mass is 16.5. The van der Waals surface area contributed by atoms with E-state index in [4.69, 9.17) is 14.2 Å². The molecule has 1 aromatic rings. The zero-order valence-corrected chi connectivity index (χ0v) is 23.3. The zero-order valence-electron chi connectivity index (χ0n) is 23.3. The predicted molar refractivity (Wildman–Crippen MR) is 146 cm³/mol. The lowest BCUT2D eigenvalue weighted by atomic mass is 10.0. The largest absolute Gasteiger partial charge is 0.497 e. The molecule has 2 amide bonds. The standard InChI is InChI=1S/C29H46N2O6/c1-6-9-10-11-12-13-14-15-16-17-25(32)30-27(28(33)36-7-2)22(4)26(31-29(34)37-8-3)23-18-20-24(35-5)21-19-23/h18-21,27H,6-17H2,1-5H3,(H,30,32)(H,31,34)/t27-/m1/s1. The molecule has 208 valence electrons. The Morgan fingerprint density at radius 3 is 1.92 bits per heavy atom. The fourth-order valence-corrected chi connectivity index (χ4v) is 3.97. The number of amides is 2. The minimum Gasteiger partial charge on any atom is -0.497 e. The Hall–Kier alpha value is -3.03. The minimum atomic E-state index is -1.05. The van der Waals surface area contributed by atoms with Crippen LogP contribution >= 0.6 is 0 Å². The molecule has 1 rings (SSSR count). The molecule has 0 aliphatic rings. The Morgan fingerprint density at radius 1 is 0.811 bits per heavy atom. The third-order valence-corrected chi connectivity index (χ3v) is 6.04. The van der Waals surface area contributed by atoms with Crippen molar-refractivity contribution < 1.29 is 28.6 Å². The van der Waals surface area contributed by atoms with Crippen molar-refractivity contribution in [2.24, 2.45) is 0 Å². The van der Waals surface area contributed by atoms with Gasteiger partial charge in [-0.25, -0.2) is 9.59 Å². The lowest BCUT2D eigenvalue weighted by molar-refractivity contribution is -0.146. The Labute approximate surface area is 222 Å². The second kappa shape index (κ2) is 19.1. The van der Waals surface area contributed by atoms with Crippen molar-refractivity contribution in [3.63, 3.8) is 0 Å². The molecule has 37 heavy (non-hydrogen) atoms. The number of ether oxygens (including phenoxy) is 3. The first kappa shape index (κ1) is 32.0. The van der Waals surface area contributed by atoms with E-state index in [2.05, 4.69) is 17.6 Å². The number of carbonyl (C=O) groups excluding carboxylic acids is 3. The Morgan fingerprint density at radius 2 is 1.38 bits per heavy atom. The lowest BCUT2D eigenvalue weighted by Crippen LogP contribution is -2.44. The van der Waals surface area contributed by atoms with Gasteiger partial charge in [-0.15, -0.1) is 0 Å². The molecule has 1 aromatic carbocycles. The number of carbonyl (C=O) groups is 3. The third kappa shape index (κ3) is 12.7. The van der Waals surface area contributed by atoms with Crippen LogP contribution < -0.4 is 15.4 Å². The molecule has 0 fully saturated rings. The molecule has 2 N–H and O–H groups in total. The van der Waals surface area contributed by atoms with E-state index in [0.717, 1.165) is 19.3 Å². The van der Waals surface area contributed by atoms with E-state index in [1.807, 2.05) is 0 Å². The summed E-state index contributed by atoms with van der Waals surface area (Å²) in [6.07, 6.45) is 10.0. The maximum absolute atomic E-state index is 12.9. The first-order valence-electron chi connectivity index (χ1n) is 13.6. The van der Waals surface area contributed by atoms with Crippen LogP contribution in [0.25, 0.3) is 5.70 Å². The zero-order chi connectivity index (χ0) is 27.5. The van der Waals surface area contributed by atoms with Gasteiger partial charge in [-0.05, 0) is 62.6 Å². The minimum absolute atomic E-state index is 0.167. The second-order valence-electron chi connectivity index (χ2n) is 8.96. The maximum atomic E-state index is 12.9. The number of hydrogen-bond donors (Lipinski definition) is 2. The van der Waals surface area contributed by atoms with Gasteiger partial charge in [0, 0.05) is 6.42 Å². The van der Waals surface area contributed by atoms with Crippen LogP contribution in [0.3, 0.4) is 0 Å². The summed E-state index contributed by atoms with van der Waals surface area (Å²) in [5, 5.41) is 5.54. The summed E-state index contributed by atoms with van der Waals surface area (Å²) in [6, 6.07) is 5.96. The quantitative estimate of drug-likeness (QED) is 0.179. The van der Waals surface area contributed by atoms with E-state index in [1.165, 1.54) is 38.5 Å². The molecule has 0 aromatic heterocycles.